The first-order valence-electron chi connectivity index (χ1n) is 5.61. The van der Waals surface area contributed by atoms with Crippen LogP contribution in [0.25, 0.3) is 0 Å². The van der Waals surface area contributed by atoms with Gasteiger partial charge in [0.15, 0.2) is 0 Å². The van der Waals surface area contributed by atoms with Crippen molar-refractivity contribution in [3.05, 3.63) is 22.4 Å². The summed E-state index contributed by atoms with van der Waals surface area (Å²) in [5.41, 5.74) is -0.264. The lowest BCUT2D eigenvalue weighted by Gasteiger charge is -2.24. The first kappa shape index (κ1) is 10.3. The maximum Gasteiger partial charge on any atom is 0.314 e. The molecule has 2 saturated heterocycles. The molecule has 0 unspecified atom stereocenters. The van der Waals surface area contributed by atoms with Crippen LogP contribution >= 0.6 is 11.3 Å². The lowest BCUT2D eigenvalue weighted by atomic mass is 9.76. The minimum Gasteiger partial charge on any atom is -0.465 e. The molecular formula is C12H15NO2S. The molecule has 3 rings (SSSR count). The van der Waals surface area contributed by atoms with E-state index in [1.165, 1.54) is 4.88 Å². The highest BCUT2D eigenvalue weighted by Crippen LogP contribution is 2.49. The van der Waals surface area contributed by atoms with Gasteiger partial charge in [-0.2, -0.15) is 0 Å². The number of nitrogens with zero attached hydrogens (tertiary/aromatic N) is 1. The third-order valence-corrected chi connectivity index (χ3v) is 4.77. The minimum atomic E-state index is -0.264. The van der Waals surface area contributed by atoms with Gasteiger partial charge in [0.25, 0.3) is 0 Å². The first-order valence-corrected chi connectivity index (χ1v) is 6.49. The van der Waals surface area contributed by atoms with Crippen molar-refractivity contribution in [2.24, 2.45) is 5.41 Å². The molecule has 0 radical (unpaired) electrons. The fraction of sp³-hybridized carbons (Fsp3) is 0.583. The smallest absolute Gasteiger partial charge is 0.314 e. The topological polar surface area (TPSA) is 29.5 Å². The highest BCUT2D eigenvalue weighted by Gasteiger charge is 2.55. The highest BCUT2D eigenvalue weighted by atomic mass is 32.1. The van der Waals surface area contributed by atoms with Crippen LogP contribution in [0.5, 0.6) is 0 Å². The average molecular weight is 237 g/mol. The lowest BCUT2D eigenvalue weighted by molar-refractivity contribution is -0.146. The van der Waals surface area contributed by atoms with Crippen LogP contribution in [0.1, 0.15) is 17.2 Å². The monoisotopic (exact) mass is 237 g/mol. The molecule has 1 aromatic heterocycles. The van der Waals surface area contributed by atoms with Crippen molar-refractivity contribution in [1.82, 2.24) is 4.90 Å². The van der Waals surface area contributed by atoms with E-state index in [0.717, 1.165) is 19.5 Å². The van der Waals surface area contributed by atoms with Gasteiger partial charge in [-0.1, -0.05) is 6.07 Å². The number of cyclic esters (lactones) is 1. The Bertz CT molecular complexity index is 403. The van der Waals surface area contributed by atoms with Gasteiger partial charge < -0.3 is 9.64 Å². The lowest BCUT2D eigenvalue weighted by Crippen LogP contribution is -2.33. The summed E-state index contributed by atoms with van der Waals surface area (Å²) in [6.45, 7) is 2.40. The van der Waals surface area contributed by atoms with E-state index in [4.69, 9.17) is 4.74 Å². The van der Waals surface area contributed by atoms with Gasteiger partial charge in [-0.05, 0) is 24.9 Å². The molecule has 16 heavy (non-hydrogen) atoms. The average Bonchev–Trinajstić information content (AvgIpc) is 2.91. The fourth-order valence-electron chi connectivity index (χ4n) is 3.03. The maximum absolute atomic E-state index is 12.0. The van der Waals surface area contributed by atoms with Crippen LogP contribution in [0, 0.1) is 5.41 Å². The Morgan fingerprint density at radius 3 is 3.12 bits per heavy atom. The maximum atomic E-state index is 12.0. The third-order valence-electron chi connectivity index (χ3n) is 3.79. The van der Waals surface area contributed by atoms with Crippen molar-refractivity contribution in [1.29, 1.82) is 0 Å². The molecule has 2 fully saturated rings. The summed E-state index contributed by atoms with van der Waals surface area (Å²) in [7, 11) is 2.08. The summed E-state index contributed by atoms with van der Waals surface area (Å²) in [6.07, 6.45) is 0.874. The number of likely N-dealkylation sites (tertiary alicyclic amines) is 1. The van der Waals surface area contributed by atoms with Gasteiger partial charge in [0.1, 0.15) is 0 Å². The number of likely N-dealkylation sites (N-methyl/N-ethyl adjacent to an activating group) is 1. The van der Waals surface area contributed by atoms with Crippen LogP contribution in [0.3, 0.4) is 0 Å². The number of carbonyl (C=O) groups excluding carboxylic acids is 1. The molecule has 0 bridgehead atoms. The SMILES string of the molecule is CN1C[C@H](c2cccs2)[C@@]2(CCOC2=O)C1. The van der Waals surface area contributed by atoms with Gasteiger partial charge >= 0.3 is 5.97 Å². The Labute approximate surface area is 99.0 Å². The summed E-state index contributed by atoms with van der Waals surface area (Å²) in [5.74, 6) is 0.336. The molecule has 3 nitrogen and oxygen atoms in total. The Morgan fingerprint density at radius 2 is 2.50 bits per heavy atom. The van der Waals surface area contributed by atoms with Gasteiger partial charge in [0, 0.05) is 23.9 Å². The zero-order valence-corrected chi connectivity index (χ0v) is 10.1. The summed E-state index contributed by atoms with van der Waals surface area (Å²) in [4.78, 5) is 15.6. The van der Waals surface area contributed by atoms with Crippen molar-refractivity contribution in [2.45, 2.75) is 12.3 Å². The van der Waals surface area contributed by atoms with Gasteiger partial charge in [-0.15, -0.1) is 11.3 Å². The van der Waals surface area contributed by atoms with Crippen LogP contribution in [-0.4, -0.2) is 37.6 Å². The van der Waals surface area contributed by atoms with E-state index in [0.29, 0.717) is 12.5 Å². The third kappa shape index (κ3) is 1.33. The van der Waals surface area contributed by atoms with Crippen LogP contribution in [0.4, 0.5) is 0 Å². The second-order valence-corrected chi connectivity index (χ2v) is 5.79. The first-order chi connectivity index (χ1) is 7.72. The van der Waals surface area contributed by atoms with Gasteiger partial charge in [0.2, 0.25) is 0 Å². The van der Waals surface area contributed by atoms with Crippen molar-refractivity contribution in [2.75, 3.05) is 26.7 Å². The fourth-order valence-corrected chi connectivity index (χ4v) is 3.96. The molecule has 2 atom stereocenters. The second kappa shape index (κ2) is 3.57. The van der Waals surface area contributed by atoms with Crippen LogP contribution in [0.2, 0.25) is 0 Å². The van der Waals surface area contributed by atoms with Crippen LogP contribution in [0.15, 0.2) is 17.5 Å². The Kier molecular flexibility index (Phi) is 2.30. The number of esters is 1. The molecule has 2 aliphatic rings. The Hall–Kier alpha value is -0.870. The molecule has 3 heterocycles. The Morgan fingerprint density at radius 1 is 1.62 bits per heavy atom. The van der Waals surface area contributed by atoms with Crippen LogP contribution < -0.4 is 0 Å². The molecule has 0 N–H and O–H groups in total. The molecule has 2 aliphatic heterocycles. The van der Waals surface area contributed by atoms with E-state index >= 15 is 0 Å². The quantitative estimate of drug-likeness (QED) is 0.696. The molecule has 1 spiro atoms. The molecule has 4 heteroatoms. The number of hydrogen-bond donors (Lipinski definition) is 0. The standard InChI is InChI=1S/C12H15NO2S/c1-13-7-9(10-3-2-6-16-10)12(8-13)4-5-15-11(12)14/h2-3,6,9H,4-5,7-8H2,1H3/t9-,12-/m1/s1. The van der Waals surface area contributed by atoms with Crippen molar-refractivity contribution < 1.29 is 9.53 Å². The van der Waals surface area contributed by atoms with E-state index in [2.05, 4.69) is 29.5 Å². The predicted octanol–water partition coefficient (Wildman–Crippen LogP) is 1.71. The number of thiophene rings is 1. The predicted molar refractivity (Wildman–Crippen MR) is 62.6 cm³/mol. The van der Waals surface area contributed by atoms with E-state index in [9.17, 15) is 4.79 Å². The highest BCUT2D eigenvalue weighted by molar-refractivity contribution is 7.10. The summed E-state index contributed by atoms with van der Waals surface area (Å²) < 4.78 is 5.21. The molecular weight excluding hydrogens is 222 g/mol. The summed E-state index contributed by atoms with van der Waals surface area (Å²) >= 11 is 1.75. The van der Waals surface area contributed by atoms with Crippen LogP contribution in [-0.2, 0) is 9.53 Å². The van der Waals surface area contributed by atoms with Crippen molar-refractivity contribution in [3.8, 4) is 0 Å². The van der Waals surface area contributed by atoms with E-state index in [-0.39, 0.29) is 11.4 Å². The number of carbonyl (C=O) groups is 1. The van der Waals surface area contributed by atoms with E-state index < -0.39 is 0 Å². The largest absolute Gasteiger partial charge is 0.465 e. The number of hydrogen-bond acceptors (Lipinski definition) is 4. The summed E-state index contributed by atoms with van der Waals surface area (Å²) in [5, 5.41) is 2.08. The van der Waals surface area contributed by atoms with Gasteiger partial charge in [-0.25, -0.2) is 0 Å². The molecule has 86 valence electrons. The normalized spacial score (nSPS) is 34.8. The molecule has 0 aromatic carbocycles. The zero-order chi connectivity index (χ0) is 11.2. The van der Waals surface area contributed by atoms with E-state index in [1.807, 2.05) is 0 Å². The van der Waals surface area contributed by atoms with Gasteiger partial charge in [0.05, 0.1) is 12.0 Å². The number of rotatable bonds is 1. The van der Waals surface area contributed by atoms with Gasteiger partial charge in [-0.3, -0.25) is 4.79 Å². The van der Waals surface area contributed by atoms with Crippen molar-refractivity contribution >= 4 is 17.3 Å². The van der Waals surface area contributed by atoms with Crippen molar-refractivity contribution in [3.63, 3.8) is 0 Å². The molecule has 0 amide bonds. The molecule has 0 aliphatic carbocycles. The second-order valence-electron chi connectivity index (χ2n) is 4.81. The minimum absolute atomic E-state index is 0.00949. The van der Waals surface area contributed by atoms with E-state index in [1.54, 1.807) is 11.3 Å². The molecule has 1 aromatic rings. The zero-order valence-electron chi connectivity index (χ0n) is 9.31. The number of ether oxygens (including phenoxy) is 1. The summed E-state index contributed by atoms with van der Waals surface area (Å²) in [6, 6.07) is 4.20. The Balaban J connectivity index is 2.00. The molecule has 0 saturated carbocycles.